The zero-order valence-electron chi connectivity index (χ0n) is 4.86. The van der Waals surface area contributed by atoms with E-state index in [0.29, 0.717) is 3.74 Å². The molecule has 0 aliphatic heterocycles. The van der Waals surface area contributed by atoms with Crippen molar-refractivity contribution in [2.45, 2.75) is 20.8 Å². The van der Waals surface area contributed by atoms with Gasteiger partial charge in [-0.15, -0.1) is 0 Å². The fourth-order valence-corrected chi connectivity index (χ4v) is 0. The first kappa shape index (κ1) is 7.46. The van der Waals surface area contributed by atoms with Crippen LogP contribution in [0.25, 0.3) is 0 Å². The van der Waals surface area contributed by atoms with Gasteiger partial charge in [0.1, 0.15) is 0 Å². The van der Waals surface area contributed by atoms with Gasteiger partial charge in [0.05, 0.1) is 0 Å². The first-order chi connectivity index (χ1) is 2.94. The summed E-state index contributed by atoms with van der Waals surface area (Å²) in [6.07, 6.45) is 0. The van der Waals surface area contributed by atoms with Gasteiger partial charge >= 0.3 is 56.9 Å². The number of aliphatic hydroxyl groups excluding tert-OH is 1. The average Bonchev–Trinajstić information content (AvgIpc) is 1.31. The summed E-state index contributed by atoms with van der Waals surface area (Å²) in [6.45, 7) is 5.93. The normalized spacial score (nSPS) is 11.3. The molecule has 1 N–H and O–H groups in total. The van der Waals surface area contributed by atoms with Crippen molar-refractivity contribution in [3.63, 3.8) is 0 Å². The zero-order chi connectivity index (χ0) is 6.08. The Bertz CT molecular complexity index is 80.6. The molecular formula is C5H10OTe. The van der Waals surface area contributed by atoms with E-state index in [9.17, 15) is 0 Å². The summed E-state index contributed by atoms with van der Waals surface area (Å²) in [5.74, 6) is 0. The number of hydrogen-bond acceptors (Lipinski definition) is 1. The van der Waals surface area contributed by atoms with Crippen molar-refractivity contribution >= 4 is 25.6 Å². The molecule has 0 amide bonds. The van der Waals surface area contributed by atoms with Crippen LogP contribution in [0.1, 0.15) is 20.8 Å². The van der Waals surface area contributed by atoms with E-state index in [0.717, 1.165) is 0 Å². The average molecular weight is 214 g/mol. The van der Waals surface area contributed by atoms with Gasteiger partial charge in [0.2, 0.25) is 0 Å². The molecule has 0 aromatic heterocycles. The standard InChI is InChI=1S/C5H10OTe/c1-5(2,3)4(6)7/h1-3H3,(H,6,7). The molecule has 0 aromatic carbocycles. The van der Waals surface area contributed by atoms with Crippen LogP contribution in [0.15, 0.2) is 0 Å². The van der Waals surface area contributed by atoms with E-state index in [2.05, 4.69) is 0 Å². The Morgan fingerprint density at radius 1 is 1.43 bits per heavy atom. The topological polar surface area (TPSA) is 20.2 Å². The second kappa shape index (κ2) is 2.15. The van der Waals surface area contributed by atoms with E-state index in [-0.39, 0.29) is 5.41 Å². The molecule has 0 unspecified atom stereocenters. The van der Waals surface area contributed by atoms with Gasteiger partial charge in [0.25, 0.3) is 0 Å². The first-order valence-corrected chi connectivity index (χ1v) is 3.34. The van der Waals surface area contributed by atoms with Crippen molar-refractivity contribution < 1.29 is 5.11 Å². The fourth-order valence-electron chi connectivity index (χ4n) is 0. The third-order valence-corrected chi connectivity index (χ3v) is 2.39. The van der Waals surface area contributed by atoms with Gasteiger partial charge in [-0.25, -0.2) is 0 Å². The van der Waals surface area contributed by atoms with Crippen molar-refractivity contribution in [1.82, 2.24) is 0 Å². The molecule has 7 heavy (non-hydrogen) atoms. The quantitative estimate of drug-likeness (QED) is 0.588. The van der Waals surface area contributed by atoms with Crippen molar-refractivity contribution in [1.29, 1.82) is 0 Å². The van der Waals surface area contributed by atoms with Crippen LogP contribution in [0, 0.1) is 5.41 Å². The molecule has 0 rings (SSSR count). The van der Waals surface area contributed by atoms with E-state index in [1.165, 1.54) is 0 Å². The Morgan fingerprint density at radius 2 is 1.57 bits per heavy atom. The van der Waals surface area contributed by atoms with Gasteiger partial charge in [0.15, 0.2) is 0 Å². The van der Waals surface area contributed by atoms with Crippen LogP contribution in [0.5, 0.6) is 0 Å². The molecule has 0 saturated heterocycles. The molecule has 0 aliphatic carbocycles. The summed E-state index contributed by atoms with van der Waals surface area (Å²) >= 11 is 1.66. The van der Waals surface area contributed by atoms with Crippen LogP contribution in [-0.4, -0.2) is 30.7 Å². The van der Waals surface area contributed by atoms with E-state index in [4.69, 9.17) is 5.11 Å². The van der Waals surface area contributed by atoms with E-state index in [1.807, 2.05) is 20.8 Å². The molecule has 0 atom stereocenters. The molecule has 0 spiro atoms. The molecule has 1 nitrogen and oxygen atoms in total. The Labute approximate surface area is 57.1 Å². The molecule has 2 heteroatoms. The fraction of sp³-hybridized carbons (Fsp3) is 0.800. The van der Waals surface area contributed by atoms with Gasteiger partial charge in [-0.3, -0.25) is 0 Å². The third-order valence-electron chi connectivity index (χ3n) is 0.642. The molecule has 42 valence electrons. The van der Waals surface area contributed by atoms with Crippen LogP contribution in [0.2, 0.25) is 0 Å². The van der Waals surface area contributed by atoms with Gasteiger partial charge in [0, 0.05) is 0 Å². The minimum absolute atomic E-state index is 0.0233. The van der Waals surface area contributed by atoms with Crippen LogP contribution < -0.4 is 0 Å². The van der Waals surface area contributed by atoms with Crippen molar-refractivity contribution in [3.05, 3.63) is 0 Å². The van der Waals surface area contributed by atoms with E-state index < -0.39 is 0 Å². The monoisotopic (exact) mass is 216 g/mol. The molecule has 0 bridgehead atoms. The Balaban J connectivity index is 3.79. The van der Waals surface area contributed by atoms with Gasteiger partial charge < -0.3 is 0 Å². The number of rotatable bonds is 0. The van der Waals surface area contributed by atoms with Crippen LogP contribution >= 0.6 is 0 Å². The summed E-state index contributed by atoms with van der Waals surface area (Å²) in [7, 11) is 0. The van der Waals surface area contributed by atoms with Gasteiger partial charge in [-0.2, -0.15) is 0 Å². The summed E-state index contributed by atoms with van der Waals surface area (Å²) in [5.41, 5.74) is -0.0233. The Kier molecular flexibility index (Phi) is 2.29. The molecule has 0 saturated carbocycles. The maximum atomic E-state index is 8.81. The summed E-state index contributed by atoms with van der Waals surface area (Å²) < 4.78 is 0.503. The predicted molar refractivity (Wildman–Crippen MR) is 32.2 cm³/mol. The van der Waals surface area contributed by atoms with E-state index >= 15 is 0 Å². The number of aliphatic hydroxyl groups is 1. The van der Waals surface area contributed by atoms with Crippen molar-refractivity contribution in [3.8, 4) is 0 Å². The summed E-state index contributed by atoms with van der Waals surface area (Å²) in [4.78, 5) is 0. The predicted octanol–water partition coefficient (Wildman–Crippen LogP) is 0.703. The van der Waals surface area contributed by atoms with Crippen LogP contribution in [0.3, 0.4) is 0 Å². The molecule has 0 radical (unpaired) electrons. The van der Waals surface area contributed by atoms with Crippen molar-refractivity contribution in [2.75, 3.05) is 0 Å². The molecule has 0 aliphatic rings. The number of hydrogen-bond donors (Lipinski definition) is 1. The first-order valence-electron chi connectivity index (χ1n) is 2.18. The molecule has 0 aromatic rings. The second-order valence-corrected chi connectivity index (χ2v) is 3.66. The zero-order valence-corrected chi connectivity index (χ0v) is 7.19. The molecule has 0 heterocycles. The Morgan fingerprint density at radius 3 is 1.57 bits per heavy atom. The van der Waals surface area contributed by atoms with E-state index in [1.54, 1.807) is 21.8 Å². The Hall–Kier alpha value is 0.460. The third kappa shape index (κ3) is 3.08. The maximum absolute atomic E-state index is 8.81. The molecular weight excluding hydrogens is 204 g/mol. The minimum atomic E-state index is -0.0233. The van der Waals surface area contributed by atoms with Gasteiger partial charge in [-0.05, 0) is 0 Å². The second-order valence-electron chi connectivity index (χ2n) is 2.56. The van der Waals surface area contributed by atoms with Gasteiger partial charge in [-0.1, -0.05) is 0 Å². The van der Waals surface area contributed by atoms with Crippen LogP contribution in [0.4, 0.5) is 0 Å². The molecule has 0 fully saturated rings. The SMILES string of the molecule is CC(C)(C)C(O)=[Te]. The van der Waals surface area contributed by atoms with Crippen molar-refractivity contribution in [2.24, 2.45) is 5.41 Å². The summed E-state index contributed by atoms with van der Waals surface area (Å²) in [6, 6.07) is 0. The summed E-state index contributed by atoms with van der Waals surface area (Å²) in [5, 5.41) is 8.81. The van der Waals surface area contributed by atoms with Crippen LogP contribution in [-0.2, 0) is 0 Å².